The predicted octanol–water partition coefficient (Wildman–Crippen LogP) is 3.28. The van der Waals surface area contributed by atoms with Crippen LogP contribution in [0.25, 0.3) is 0 Å². The number of hydrogen-bond donors (Lipinski definition) is 1. The molecule has 0 aliphatic heterocycles. The Bertz CT molecular complexity index is 46.5. The van der Waals surface area contributed by atoms with Gasteiger partial charge in [0.15, 0.2) is 0 Å². The maximum atomic E-state index is 4.36. The lowest BCUT2D eigenvalue weighted by Crippen LogP contribution is -2.03. The molecule has 0 heterocycles. The summed E-state index contributed by atoms with van der Waals surface area (Å²) in [5.74, 6) is 0. The molecule has 0 nitrogen and oxygen atoms in total. The van der Waals surface area contributed by atoms with Gasteiger partial charge in [-0.05, 0) is 12.8 Å². The monoisotopic (exact) mass is 146 g/mol. The first-order valence-electron chi connectivity index (χ1n) is 4.07. The van der Waals surface area contributed by atoms with Crippen molar-refractivity contribution in [3.8, 4) is 0 Å². The molecule has 0 atom stereocenters. The lowest BCUT2D eigenvalue weighted by Gasteiger charge is -2.14. The van der Waals surface area contributed by atoms with E-state index in [1.165, 1.54) is 32.1 Å². The maximum absolute atomic E-state index is 4.36. The fourth-order valence-electron chi connectivity index (χ4n) is 1.08. The summed E-state index contributed by atoms with van der Waals surface area (Å²) in [4.78, 5) is 0. The van der Waals surface area contributed by atoms with E-state index < -0.39 is 0 Å². The van der Waals surface area contributed by atoms with Crippen molar-refractivity contribution in [1.82, 2.24) is 0 Å². The van der Waals surface area contributed by atoms with Crippen LogP contribution in [0, 0.1) is 0 Å². The second kappa shape index (κ2) is 6.47. The van der Waals surface area contributed by atoms with Crippen LogP contribution >= 0.6 is 12.6 Å². The van der Waals surface area contributed by atoms with Crippen molar-refractivity contribution in [2.45, 2.75) is 51.2 Å². The molecule has 56 valence electrons. The Hall–Kier alpha value is 0.350. The predicted molar refractivity (Wildman–Crippen MR) is 47.2 cm³/mol. The van der Waals surface area contributed by atoms with Crippen LogP contribution in [0.4, 0.5) is 0 Å². The van der Waals surface area contributed by atoms with E-state index in [-0.39, 0.29) is 0 Å². The summed E-state index contributed by atoms with van der Waals surface area (Å²) in [6.45, 7) is 4.00. The van der Waals surface area contributed by atoms with Crippen molar-refractivity contribution in [1.29, 1.82) is 0 Å². The summed E-state index contributed by atoms with van der Waals surface area (Å²) >= 11 is 4.36. The maximum Gasteiger partial charge on any atom is 0.00168 e. The van der Waals surface area contributed by atoms with Gasteiger partial charge in [-0.15, -0.1) is 0 Å². The molecule has 0 amide bonds. The first kappa shape index (κ1) is 9.35. The minimum atomic E-state index is 0.730. The van der Waals surface area contributed by atoms with Gasteiger partial charge in [0.05, 0.1) is 0 Å². The molecule has 1 heteroatoms. The van der Waals surface area contributed by atoms with Crippen LogP contribution in [0.3, 0.4) is 0 Å². The quantitative estimate of drug-likeness (QED) is 0.498. The Morgan fingerprint density at radius 2 is 1.44 bits per heavy atom. The van der Waals surface area contributed by atoms with Crippen LogP contribution < -0.4 is 0 Å². The summed E-state index contributed by atoms with van der Waals surface area (Å²) in [6, 6.07) is 0. The van der Waals surface area contributed by atoms with E-state index >= 15 is 0 Å². The molecule has 1 aliphatic rings. The van der Waals surface area contributed by atoms with Gasteiger partial charge in [-0.2, -0.15) is 12.6 Å². The van der Waals surface area contributed by atoms with Crippen molar-refractivity contribution < 1.29 is 0 Å². The van der Waals surface area contributed by atoms with E-state index in [0.717, 1.165) is 5.25 Å². The van der Waals surface area contributed by atoms with E-state index in [2.05, 4.69) is 12.6 Å². The minimum absolute atomic E-state index is 0.730. The van der Waals surface area contributed by atoms with Gasteiger partial charge in [-0.3, -0.25) is 0 Å². The molecule has 0 unspecified atom stereocenters. The highest BCUT2D eigenvalue weighted by Gasteiger charge is 2.06. The summed E-state index contributed by atoms with van der Waals surface area (Å²) in [5.41, 5.74) is 0. The average molecular weight is 146 g/mol. The normalized spacial score (nSPS) is 20.3. The fourth-order valence-corrected chi connectivity index (χ4v) is 1.45. The number of thiol groups is 1. The van der Waals surface area contributed by atoms with Gasteiger partial charge in [0.25, 0.3) is 0 Å². The van der Waals surface area contributed by atoms with E-state index in [4.69, 9.17) is 0 Å². The zero-order valence-corrected chi connectivity index (χ0v) is 7.45. The van der Waals surface area contributed by atoms with Gasteiger partial charge < -0.3 is 0 Å². The molecule has 1 saturated carbocycles. The average Bonchev–Trinajstić information content (AvgIpc) is 1.94. The Labute approximate surface area is 64.4 Å². The highest BCUT2D eigenvalue weighted by atomic mass is 32.1. The fraction of sp³-hybridized carbons (Fsp3) is 1.00. The van der Waals surface area contributed by atoms with Crippen molar-refractivity contribution in [3.63, 3.8) is 0 Å². The SMILES string of the molecule is CC.SC1CCCCC1. The van der Waals surface area contributed by atoms with Gasteiger partial charge >= 0.3 is 0 Å². The highest BCUT2D eigenvalue weighted by molar-refractivity contribution is 7.80. The Balaban J connectivity index is 0.000000291. The lowest BCUT2D eigenvalue weighted by atomic mass is 10.0. The second-order valence-electron chi connectivity index (χ2n) is 2.29. The highest BCUT2D eigenvalue weighted by Crippen LogP contribution is 2.20. The molecular weight excluding hydrogens is 128 g/mol. The van der Waals surface area contributed by atoms with Crippen molar-refractivity contribution in [3.05, 3.63) is 0 Å². The largest absolute Gasteiger partial charge is 0.176 e. The van der Waals surface area contributed by atoms with E-state index in [1.54, 1.807) is 0 Å². The first-order chi connectivity index (χ1) is 4.39. The molecule has 1 aliphatic carbocycles. The van der Waals surface area contributed by atoms with Crippen LogP contribution in [0.15, 0.2) is 0 Å². The standard InChI is InChI=1S/C6H12S.C2H6/c7-6-4-2-1-3-5-6;1-2/h6-7H,1-5H2;1-2H3. The summed E-state index contributed by atoms with van der Waals surface area (Å²) in [5, 5.41) is 0.730. The van der Waals surface area contributed by atoms with E-state index in [0.29, 0.717) is 0 Å². The molecule has 0 aromatic rings. The molecular formula is C8H18S. The zero-order chi connectivity index (χ0) is 7.11. The molecule has 0 bridgehead atoms. The number of hydrogen-bond acceptors (Lipinski definition) is 1. The van der Waals surface area contributed by atoms with Crippen LogP contribution in [0.2, 0.25) is 0 Å². The van der Waals surface area contributed by atoms with Crippen molar-refractivity contribution in [2.24, 2.45) is 0 Å². The topological polar surface area (TPSA) is 0 Å². The van der Waals surface area contributed by atoms with Gasteiger partial charge in [-0.1, -0.05) is 33.1 Å². The van der Waals surface area contributed by atoms with E-state index in [9.17, 15) is 0 Å². The van der Waals surface area contributed by atoms with Crippen LogP contribution in [-0.2, 0) is 0 Å². The van der Waals surface area contributed by atoms with Gasteiger partial charge in [0.1, 0.15) is 0 Å². The van der Waals surface area contributed by atoms with Crippen LogP contribution in [0.1, 0.15) is 46.0 Å². The molecule has 1 fully saturated rings. The molecule has 0 aromatic carbocycles. The van der Waals surface area contributed by atoms with Gasteiger partial charge in [-0.25, -0.2) is 0 Å². The summed E-state index contributed by atoms with van der Waals surface area (Å²) in [7, 11) is 0. The minimum Gasteiger partial charge on any atom is -0.176 e. The summed E-state index contributed by atoms with van der Waals surface area (Å²) < 4.78 is 0. The molecule has 0 N–H and O–H groups in total. The summed E-state index contributed by atoms with van der Waals surface area (Å²) in [6.07, 6.45) is 6.96. The van der Waals surface area contributed by atoms with Crippen LogP contribution in [0.5, 0.6) is 0 Å². The molecule has 1 rings (SSSR count). The molecule has 0 spiro atoms. The lowest BCUT2D eigenvalue weighted by molar-refractivity contribution is 0.518. The van der Waals surface area contributed by atoms with Crippen molar-refractivity contribution in [2.75, 3.05) is 0 Å². The van der Waals surface area contributed by atoms with Crippen molar-refractivity contribution >= 4 is 12.6 Å². The Morgan fingerprint density at radius 1 is 1.00 bits per heavy atom. The second-order valence-corrected chi connectivity index (χ2v) is 3.02. The molecule has 9 heavy (non-hydrogen) atoms. The molecule has 0 aromatic heterocycles. The van der Waals surface area contributed by atoms with Crippen LogP contribution in [-0.4, -0.2) is 5.25 Å². The van der Waals surface area contributed by atoms with E-state index in [1.807, 2.05) is 13.8 Å². The number of rotatable bonds is 0. The zero-order valence-electron chi connectivity index (χ0n) is 6.56. The van der Waals surface area contributed by atoms with Gasteiger partial charge in [0.2, 0.25) is 0 Å². The Morgan fingerprint density at radius 3 is 1.67 bits per heavy atom. The molecule has 0 saturated heterocycles. The molecule has 0 radical (unpaired) electrons. The third-order valence-electron chi connectivity index (χ3n) is 1.57. The third kappa shape index (κ3) is 4.83. The first-order valence-corrected chi connectivity index (χ1v) is 4.59. The third-order valence-corrected chi connectivity index (χ3v) is 2.09. The smallest absolute Gasteiger partial charge is 0.00168 e. The van der Waals surface area contributed by atoms with Gasteiger partial charge in [0, 0.05) is 5.25 Å². The Kier molecular flexibility index (Phi) is 6.72.